The van der Waals surface area contributed by atoms with Crippen molar-refractivity contribution in [1.29, 1.82) is 0 Å². The topological polar surface area (TPSA) is 34.2 Å². The number of ether oxygens (including phenoxy) is 3. The lowest BCUT2D eigenvalue weighted by molar-refractivity contribution is -0.0146. The first-order chi connectivity index (χ1) is 14.1. The number of hydrogen-bond acceptors (Lipinski definition) is 5. The number of halogens is 1. The van der Waals surface area contributed by atoms with E-state index in [-0.39, 0.29) is 18.0 Å². The monoisotopic (exact) mass is 432 g/mol. The molecule has 0 aromatic heterocycles. The average molecular weight is 433 g/mol. The van der Waals surface area contributed by atoms with Crippen molar-refractivity contribution in [2.75, 3.05) is 40.4 Å². The summed E-state index contributed by atoms with van der Waals surface area (Å²) in [4.78, 5) is 4.92. The third kappa shape index (κ3) is 5.02. The van der Waals surface area contributed by atoms with Gasteiger partial charge in [-0.3, -0.25) is 4.90 Å². The van der Waals surface area contributed by atoms with E-state index in [2.05, 4.69) is 53.2 Å². The quantitative estimate of drug-likeness (QED) is 0.700. The van der Waals surface area contributed by atoms with Crippen LogP contribution in [0.2, 0.25) is 0 Å². The first-order valence-corrected chi connectivity index (χ1v) is 10.6. The van der Waals surface area contributed by atoms with Gasteiger partial charge in [-0.1, -0.05) is 24.3 Å². The molecular formula is C24H33ClN2O3. The third-order valence-corrected chi connectivity index (χ3v) is 6.04. The van der Waals surface area contributed by atoms with Crippen LogP contribution in [0.3, 0.4) is 0 Å². The number of piperidine rings is 1. The van der Waals surface area contributed by atoms with Crippen molar-refractivity contribution in [3.63, 3.8) is 0 Å². The molecule has 4 rings (SSSR count). The van der Waals surface area contributed by atoms with Crippen LogP contribution in [0, 0.1) is 0 Å². The zero-order valence-electron chi connectivity index (χ0n) is 18.2. The van der Waals surface area contributed by atoms with Crippen molar-refractivity contribution >= 4 is 12.4 Å². The fraction of sp³-hybridized carbons (Fsp3) is 0.500. The second-order valence-corrected chi connectivity index (χ2v) is 8.26. The molecule has 0 aliphatic carbocycles. The molecule has 0 unspecified atom stereocenters. The summed E-state index contributed by atoms with van der Waals surface area (Å²) in [5.74, 6) is 2.64. The van der Waals surface area contributed by atoms with Crippen molar-refractivity contribution in [2.24, 2.45) is 0 Å². The van der Waals surface area contributed by atoms with Gasteiger partial charge in [-0.15, -0.1) is 12.4 Å². The van der Waals surface area contributed by atoms with Crippen LogP contribution in [-0.4, -0.2) is 55.8 Å². The van der Waals surface area contributed by atoms with Crippen LogP contribution in [0.4, 0.5) is 0 Å². The maximum absolute atomic E-state index is 6.69. The average Bonchev–Trinajstić information content (AvgIpc) is 2.87. The van der Waals surface area contributed by atoms with Crippen LogP contribution < -0.4 is 14.2 Å². The van der Waals surface area contributed by atoms with Gasteiger partial charge in [-0.2, -0.15) is 0 Å². The molecular weight excluding hydrogens is 400 g/mol. The molecule has 0 atom stereocenters. The van der Waals surface area contributed by atoms with E-state index in [1.807, 2.05) is 13.0 Å². The zero-order chi connectivity index (χ0) is 20.3. The lowest BCUT2D eigenvalue weighted by Crippen LogP contribution is -2.52. The largest absolute Gasteiger partial charge is 0.493 e. The molecule has 30 heavy (non-hydrogen) atoms. The summed E-state index contributed by atoms with van der Waals surface area (Å²) in [7, 11) is 3.88. The summed E-state index contributed by atoms with van der Waals surface area (Å²) in [6.45, 7) is 7.47. The molecule has 1 saturated heterocycles. The third-order valence-electron chi connectivity index (χ3n) is 6.04. The number of rotatable bonds is 5. The Hall–Kier alpha value is -1.95. The minimum Gasteiger partial charge on any atom is -0.493 e. The predicted molar refractivity (Wildman–Crippen MR) is 122 cm³/mol. The van der Waals surface area contributed by atoms with Crippen molar-refractivity contribution in [3.05, 3.63) is 53.6 Å². The number of nitrogens with zero attached hydrogens (tertiary/aromatic N) is 2. The Morgan fingerprint density at radius 3 is 2.57 bits per heavy atom. The molecule has 0 saturated carbocycles. The maximum atomic E-state index is 6.69. The van der Waals surface area contributed by atoms with Crippen LogP contribution in [0.15, 0.2) is 42.5 Å². The minimum atomic E-state index is -0.117. The molecule has 1 fully saturated rings. The van der Waals surface area contributed by atoms with Gasteiger partial charge in [0.2, 0.25) is 0 Å². The molecule has 2 aromatic rings. The van der Waals surface area contributed by atoms with Gasteiger partial charge < -0.3 is 19.1 Å². The second kappa shape index (κ2) is 9.90. The first kappa shape index (κ1) is 22.7. The number of hydrogen-bond donors (Lipinski definition) is 0. The molecule has 164 valence electrons. The summed E-state index contributed by atoms with van der Waals surface area (Å²) >= 11 is 0. The Kier molecular flexibility index (Phi) is 7.50. The van der Waals surface area contributed by atoms with Gasteiger partial charge in [0.05, 0.1) is 13.7 Å². The molecule has 5 nitrogen and oxygen atoms in total. The Bertz CT molecular complexity index is 837. The van der Waals surface area contributed by atoms with Gasteiger partial charge >= 0.3 is 0 Å². The molecule has 0 bridgehead atoms. The van der Waals surface area contributed by atoms with Crippen molar-refractivity contribution in [3.8, 4) is 17.2 Å². The Labute approximate surface area is 186 Å². The van der Waals surface area contributed by atoms with Gasteiger partial charge in [0.15, 0.2) is 11.5 Å². The van der Waals surface area contributed by atoms with Crippen LogP contribution in [0.5, 0.6) is 17.2 Å². The summed E-state index contributed by atoms with van der Waals surface area (Å²) in [6.07, 6.45) is 2.11. The van der Waals surface area contributed by atoms with Crippen molar-refractivity contribution < 1.29 is 14.2 Å². The molecule has 1 spiro atoms. The van der Waals surface area contributed by atoms with E-state index < -0.39 is 0 Å². The molecule has 0 amide bonds. The fourth-order valence-corrected chi connectivity index (χ4v) is 4.45. The van der Waals surface area contributed by atoms with Gasteiger partial charge in [0.25, 0.3) is 0 Å². The highest BCUT2D eigenvalue weighted by molar-refractivity contribution is 5.85. The Balaban J connectivity index is 0.00000256. The molecule has 0 N–H and O–H groups in total. The smallest absolute Gasteiger partial charge is 0.161 e. The van der Waals surface area contributed by atoms with Crippen LogP contribution in [0.25, 0.3) is 0 Å². The van der Waals surface area contributed by atoms with Crippen molar-refractivity contribution in [2.45, 2.75) is 38.5 Å². The molecule has 2 aliphatic heterocycles. The Morgan fingerprint density at radius 1 is 1.07 bits per heavy atom. The number of methoxy groups -OCH3 is 1. The van der Waals surface area contributed by atoms with Gasteiger partial charge in [0, 0.05) is 51.1 Å². The standard InChI is InChI=1S/C24H32N2O3.ClH/c1-4-28-23-15-19(9-10-22(23)27-3)16-26-17-20-7-5-6-8-21(20)29-24(18-26)11-13-25(2)14-12-24;/h5-10,15H,4,11-14,16-18H2,1-3H3;1H. The zero-order valence-corrected chi connectivity index (χ0v) is 19.0. The van der Waals surface area contributed by atoms with Gasteiger partial charge in [0.1, 0.15) is 11.4 Å². The second-order valence-electron chi connectivity index (χ2n) is 8.26. The SMILES string of the molecule is CCOc1cc(CN2Cc3ccccc3OC3(CCN(C)CC3)C2)ccc1OC.Cl. The molecule has 0 radical (unpaired) electrons. The van der Waals surface area contributed by atoms with Crippen LogP contribution in [-0.2, 0) is 13.1 Å². The molecule has 2 heterocycles. The molecule has 2 aromatic carbocycles. The Morgan fingerprint density at radius 2 is 1.83 bits per heavy atom. The van der Waals surface area contributed by atoms with E-state index >= 15 is 0 Å². The first-order valence-electron chi connectivity index (χ1n) is 10.6. The number of benzene rings is 2. The van der Waals surface area contributed by atoms with Crippen molar-refractivity contribution in [1.82, 2.24) is 9.80 Å². The number of para-hydroxylation sites is 1. The van der Waals surface area contributed by atoms with Gasteiger partial charge in [-0.05, 0) is 37.7 Å². The molecule has 6 heteroatoms. The lowest BCUT2D eigenvalue weighted by Gasteiger charge is -2.42. The summed E-state index contributed by atoms with van der Waals surface area (Å²) in [5, 5.41) is 0. The highest BCUT2D eigenvalue weighted by atomic mass is 35.5. The van der Waals surface area contributed by atoms with E-state index in [9.17, 15) is 0 Å². The summed E-state index contributed by atoms with van der Waals surface area (Å²) in [5.41, 5.74) is 2.38. The normalized spacial score (nSPS) is 18.6. The van der Waals surface area contributed by atoms with E-state index in [0.717, 1.165) is 62.8 Å². The predicted octanol–water partition coefficient (Wildman–Crippen LogP) is 4.37. The minimum absolute atomic E-state index is 0. The lowest BCUT2D eigenvalue weighted by atomic mass is 9.90. The highest BCUT2D eigenvalue weighted by Crippen LogP contribution is 2.36. The van der Waals surface area contributed by atoms with E-state index in [1.54, 1.807) is 7.11 Å². The van der Waals surface area contributed by atoms with Crippen LogP contribution >= 0.6 is 12.4 Å². The molecule has 2 aliphatic rings. The number of likely N-dealkylation sites (tertiary alicyclic amines) is 1. The van der Waals surface area contributed by atoms with E-state index in [0.29, 0.717) is 6.61 Å². The summed E-state index contributed by atoms with van der Waals surface area (Å²) in [6, 6.07) is 14.8. The maximum Gasteiger partial charge on any atom is 0.161 e. The number of fused-ring (bicyclic) bond motifs is 1. The fourth-order valence-electron chi connectivity index (χ4n) is 4.45. The highest BCUT2D eigenvalue weighted by Gasteiger charge is 2.40. The summed E-state index contributed by atoms with van der Waals surface area (Å²) < 4.78 is 17.9. The van der Waals surface area contributed by atoms with E-state index in [1.165, 1.54) is 11.1 Å². The van der Waals surface area contributed by atoms with Crippen LogP contribution in [0.1, 0.15) is 30.9 Å². The van der Waals surface area contributed by atoms with Gasteiger partial charge in [-0.25, -0.2) is 0 Å². The van der Waals surface area contributed by atoms with E-state index in [4.69, 9.17) is 14.2 Å².